The third-order valence-corrected chi connectivity index (χ3v) is 6.11. The van der Waals surface area contributed by atoms with Crippen LogP contribution in [0.15, 0.2) is 18.2 Å². The molecule has 42 heavy (non-hydrogen) atoms. The molecule has 1 rings (SSSR count). The number of ether oxygens (including phenoxy) is 7. The van der Waals surface area contributed by atoms with Gasteiger partial charge in [-0.1, -0.05) is 46.6 Å². The van der Waals surface area contributed by atoms with E-state index >= 15 is 0 Å². The molecule has 5 atom stereocenters. The lowest BCUT2D eigenvalue weighted by Gasteiger charge is -2.19. The van der Waals surface area contributed by atoms with Crippen LogP contribution >= 0.6 is 0 Å². The summed E-state index contributed by atoms with van der Waals surface area (Å²) in [7, 11) is 0. The molecule has 0 spiro atoms. The summed E-state index contributed by atoms with van der Waals surface area (Å²) in [5.74, 6) is -0.805. The Bertz CT molecular complexity index is 1010. The minimum absolute atomic E-state index is 0.00371. The Morgan fingerprint density at radius 3 is 1.79 bits per heavy atom. The summed E-state index contributed by atoms with van der Waals surface area (Å²) in [6, 6.07) is 3.27. The Morgan fingerprint density at radius 2 is 1.26 bits per heavy atom. The van der Waals surface area contributed by atoms with Crippen molar-refractivity contribution in [3.8, 4) is 11.5 Å². The summed E-state index contributed by atoms with van der Waals surface area (Å²) in [6.07, 6.45) is -1.74. The van der Waals surface area contributed by atoms with Crippen LogP contribution in [-0.2, 0) is 34.9 Å². The van der Waals surface area contributed by atoms with Crippen molar-refractivity contribution in [2.24, 2.45) is 11.7 Å². The van der Waals surface area contributed by atoms with Crippen molar-refractivity contribution < 1.29 is 52.3 Å². The highest BCUT2D eigenvalue weighted by Crippen LogP contribution is 2.30. The molecule has 0 aliphatic carbocycles. The van der Waals surface area contributed by atoms with Gasteiger partial charge in [0.25, 0.3) is 0 Å². The van der Waals surface area contributed by atoms with E-state index in [1.807, 2.05) is 27.7 Å². The maximum Gasteiger partial charge on any atom is 0.514 e. The van der Waals surface area contributed by atoms with Crippen LogP contribution in [0.2, 0.25) is 0 Å². The van der Waals surface area contributed by atoms with Gasteiger partial charge in [-0.05, 0) is 70.6 Å². The first-order valence-corrected chi connectivity index (χ1v) is 14.4. The van der Waals surface area contributed by atoms with E-state index in [4.69, 9.17) is 38.9 Å². The average Bonchev–Trinajstić information content (AvgIpc) is 2.88. The maximum atomic E-state index is 12.6. The molecule has 0 bridgehead atoms. The molecule has 0 saturated carbocycles. The summed E-state index contributed by atoms with van der Waals surface area (Å²) in [6.45, 7) is 14.3. The maximum absolute atomic E-state index is 12.6. The van der Waals surface area contributed by atoms with Gasteiger partial charge in [0.05, 0.1) is 0 Å². The molecule has 12 heteroatoms. The largest absolute Gasteiger partial charge is 0.514 e. The number of hydrogen-bond donors (Lipinski definition) is 1. The van der Waals surface area contributed by atoms with E-state index in [9.17, 15) is 19.2 Å². The highest BCUT2D eigenvalue weighted by molar-refractivity contribution is 5.76. The van der Waals surface area contributed by atoms with Gasteiger partial charge >= 0.3 is 24.4 Å². The van der Waals surface area contributed by atoms with Gasteiger partial charge in [0.2, 0.25) is 0 Å². The van der Waals surface area contributed by atoms with Crippen molar-refractivity contribution in [3.63, 3.8) is 0 Å². The molecule has 0 aromatic heterocycles. The standard InChI is InChI=1S/C30H47NO11/c1-9-11-19(5)38-29(34)41-25-14-13-23(16-26(25)42-30(35)39-20(6)12-10-2)15-24(31)27(32)37-21(7)17-36-28(33)40-22(8)18(3)4/h13-14,16,18-22,24H,9-12,15,17,31H2,1-8H3/t19?,20?,21-,22?,24-/m0/s1. The van der Waals surface area contributed by atoms with Crippen LogP contribution < -0.4 is 15.2 Å². The third-order valence-electron chi connectivity index (χ3n) is 6.11. The van der Waals surface area contributed by atoms with E-state index in [0.29, 0.717) is 18.4 Å². The topological polar surface area (TPSA) is 159 Å². The average molecular weight is 598 g/mol. The monoisotopic (exact) mass is 597 g/mol. The smallest absolute Gasteiger partial charge is 0.458 e. The number of benzene rings is 1. The number of esters is 1. The highest BCUT2D eigenvalue weighted by atomic mass is 16.8. The second-order valence-electron chi connectivity index (χ2n) is 10.6. The predicted octanol–water partition coefficient (Wildman–Crippen LogP) is 6.09. The van der Waals surface area contributed by atoms with E-state index in [2.05, 4.69) is 0 Å². The first-order chi connectivity index (χ1) is 19.7. The molecule has 1 aromatic carbocycles. The second-order valence-corrected chi connectivity index (χ2v) is 10.6. The fourth-order valence-corrected chi connectivity index (χ4v) is 3.49. The Balaban J connectivity index is 2.89. The van der Waals surface area contributed by atoms with Gasteiger partial charge in [-0.2, -0.15) is 0 Å². The number of nitrogens with two attached hydrogens (primary N) is 1. The van der Waals surface area contributed by atoms with Gasteiger partial charge in [-0.25, -0.2) is 14.4 Å². The van der Waals surface area contributed by atoms with Crippen LogP contribution in [0.25, 0.3) is 0 Å². The Kier molecular flexibility index (Phi) is 16.3. The van der Waals surface area contributed by atoms with Crippen LogP contribution in [0.1, 0.15) is 86.6 Å². The lowest BCUT2D eigenvalue weighted by atomic mass is 10.1. The number of rotatable bonds is 16. The van der Waals surface area contributed by atoms with E-state index in [-0.39, 0.29) is 48.8 Å². The first kappa shape index (κ1) is 36.5. The van der Waals surface area contributed by atoms with Crippen molar-refractivity contribution >= 4 is 24.4 Å². The minimum atomic E-state index is -1.10. The molecule has 1 aromatic rings. The highest BCUT2D eigenvalue weighted by Gasteiger charge is 2.23. The summed E-state index contributed by atoms with van der Waals surface area (Å²) >= 11 is 0. The molecular formula is C30H47NO11. The first-order valence-electron chi connectivity index (χ1n) is 14.4. The summed E-state index contributed by atoms with van der Waals surface area (Å²) in [5.41, 5.74) is 6.55. The minimum Gasteiger partial charge on any atom is -0.458 e. The number of hydrogen-bond acceptors (Lipinski definition) is 12. The van der Waals surface area contributed by atoms with Gasteiger partial charge in [-0.15, -0.1) is 0 Å². The molecule has 2 N–H and O–H groups in total. The van der Waals surface area contributed by atoms with Crippen LogP contribution in [0.4, 0.5) is 14.4 Å². The molecule has 0 fully saturated rings. The van der Waals surface area contributed by atoms with Crippen LogP contribution in [-0.4, -0.2) is 61.5 Å². The fourth-order valence-electron chi connectivity index (χ4n) is 3.49. The molecule has 0 amide bonds. The van der Waals surface area contributed by atoms with Gasteiger partial charge in [0.15, 0.2) is 11.5 Å². The van der Waals surface area contributed by atoms with Gasteiger partial charge in [-0.3, -0.25) is 4.79 Å². The SMILES string of the molecule is CCCC(C)OC(=O)Oc1ccc(C[C@H](N)C(=O)O[C@@H](C)COC(=O)OC(C)C(C)C)cc1OC(=O)OC(C)CCC. The Morgan fingerprint density at radius 1 is 0.714 bits per heavy atom. The van der Waals surface area contributed by atoms with Crippen LogP contribution in [0, 0.1) is 5.92 Å². The molecule has 0 aliphatic heterocycles. The van der Waals surface area contributed by atoms with Crippen molar-refractivity contribution in [1.29, 1.82) is 0 Å². The number of carbonyl (C=O) groups is 4. The van der Waals surface area contributed by atoms with Crippen LogP contribution in [0.3, 0.4) is 0 Å². The molecule has 0 radical (unpaired) electrons. The fraction of sp³-hybridized carbons (Fsp3) is 0.667. The summed E-state index contributed by atoms with van der Waals surface area (Å²) in [4.78, 5) is 49.1. The molecule has 12 nitrogen and oxygen atoms in total. The molecule has 238 valence electrons. The van der Waals surface area contributed by atoms with Gasteiger partial charge in [0.1, 0.15) is 37.1 Å². The van der Waals surface area contributed by atoms with Crippen molar-refractivity contribution in [1.82, 2.24) is 0 Å². The second kappa shape index (κ2) is 18.8. The van der Waals surface area contributed by atoms with Crippen molar-refractivity contribution in [2.75, 3.05) is 6.61 Å². The third kappa shape index (κ3) is 14.4. The molecule has 0 aliphatic rings. The summed E-state index contributed by atoms with van der Waals surface area (Å²) in [5, 5.41) is 0. The lowest BCUT2D eigenvalue weighted by molar-refractivity contribution is -0.152. The molecule has 0 saturated heterocycles. The molecule has 0 heterocycles. The normalized spacial score (nSPS) is 14.5. The zero-order chi connectivity index (χ0) is 31.8. The predicted molar refractivity (Wildman–Crippen MR) is 153 cm³/mol. The van der Waals surface area contributed by atoms with Crippen molar-refractivity contribution in [2.45, 2.75) is 118 Å². The van der Waals surface area contributed by atoms with Crippen LogP contribution in [0.5, 0.6) is 11.5 Å². The van der Waals surface area contributed by atoms with E-state index in [1.165, 1.54) is 12.1 Å². The zero-order valence-corrected chi connectivity index (χ0v) is 26.0. The van der Waals surface area contributed by atoms with Gasteiger partial charge < -0.3 is 38.9 Å². The van der Waals surface area contributed by atoms with E-state index in [1.54, 1.807) is 33.8 Å². The molecule has 3 unspecified atom stereocenters. The van der Waals surface area contributed by atoms with E-state index < -0.39 is 36.6 Å². The quantitative estimate of drug-likeness (QED) is 0.133. The molecular weight excluding hydrogens is 550 g/mol. The summed E-state index contributed by atoms with van der Waals surface area (Å²) < 4.78 is 36.5. The lowest BCUT2D eigenvalue weighted by Crippen LogP contribution is -2.37. The zero-order valence-electron chi connectivity index (χ0n) is 26.0. The van der Waals surface area contributed by atoms with E-state index in [0.717, 1.165) is 12.8 Å². The van der Waals surface area contributed by atoms with Gasteiger partial charge in [0, 0.05) is 0 Å². The number of carbonyl (C=O) groups excluding carboxylic acids is 4. The Labute approximate surface area is 248 Å². The van der Waals surface area contributed by atoms with Crippen molar-refractivity contribution in [3.05, 3.63) is 23.8 Å². The Hall–Kier alpha value is -3.54.